The monoisotopic (exact) mass is 656 g/mol. The number of hydrogen-bond donors (Lipinski definition) is 0. The maximum atomic E-state index is 5.71. The van der Waals surface area contributed by atoms with E-state index < -0.39 is 8.32 Å². The molecule has 0 aliphatic rings. The third-order valence-corrected chi connectivity index (χ3v) is 6.11. The lowest BCUT2D eigenvalue weighted by Gasteiger charge is -2.16. The van der Waals surface area contributed by atoms with Gasteiger partial charge in [0, 0.05) is 0 Å². The molecule has 0 saturated carbocycles. The van der Waals surface area contributed by atoms with Gasteiger partial charge in [0.1, 0.15) is 6.61 Å². The fourth-order valence-corrected chi connectivity index (χ4v) is 3.65. The summed E-state index contributed by atoms with van der Waals surface area (Å²) in [6.45, 7) is 19.4. The van der Waals surface area contributed by atoms with Crippen molar-refractivity contribution in [2.24, 2.45) is 0 Å². The minimum absolute atomic E-state index is 0.308. The van der Waals surface area contributed by atoms with Crippen LogP contribution in [0.4, 0.5) is 0 Å². The molecule has 0 atom stereocenters. The summed E-state index contributed by atoms with van der Waals surface area (Å²) in [6, 6.07) is 0. The fraction of sp³-hybridized carbons (Fsp3) is 0.933. The summed E-state index contributed by atoms with van der Waals surface area (Å²) in [5.41, 5.74) is 0. The van der Waals surface area contributed by atoms with Crippen molar-refractivity contribution in [1.82, 2.24) is 0 Å². The molecule has 0 aromatic heterocycles. The van der Waals surface area contributed by atoms with Gasteiger partial charge in [-0.1, -0.05) is 5.92 Å². The van der Waals surface area contributed by atoms with E-state index in [-0.39, 0.29) is 0 Å². The smallest absolute Gasteiger partial charge is 0.183 e. The molecule has 0 saturated heterocycles. The highest BCUT2D eigenvalue weighted by molar-refractivity contribution is 6.69. The van der Waals surface area contributed by atoms with E-state index in [2.05, 4.69) is 25.6 Å². The topological polar surface area (TPSA) is 120 Å². The van der Waals surface area contributed by atoms with Crippen LogP contribution in [0.3, 0.4) is 0 Å². The van der Waals surface area contributed by atoms with E-state index in [0.717, 1.165) is 0 Å². The third kappa shape index (κ3) is 41.3. The van der Waals surface area contributed by atoms with Gasteiger partial charge in [0.05, 0.1) is 159 Å². The molecule has 0 aromatic carbocycles. The van der Waals surface area contributed by atoms with Gasteiger partial charge in [-0.2, -0.15) is 0 Å². The van der Waals surface area contributed by atoms with Crippen molar-refractivity contribution in [2.75, 3.05) is 165 Å². The van der Waals surface area contributed by atoms with Crippen LogP contribution < -0.4 is 0 Å². The molecule has 0 spiro atoms. The molecule has 0 rings (SSSR count). The summed E-state index contributed by atoms with van der Waals surface area (Å²) in [5.74, 6) is 2.40. The van der Waals surface area contributed by atoms with Crippen molar-refractivity contribution >= 4 is 8.32 Å². The standard InChI is InChI=1S/C30H60O13Si/c1-5-6-31-7-8-32-9-10-33-11-12-34-13-14-35-15-16-36-17-18-37-19-20-38-21-22-39-23-24-40-25-26-41-27-28-42-29-30-43-44(2,3)4/h1H,6-30H2,2-4H3. The fourth-order valence-electron chi connectivity index (χ4n) is 2.96. The molecular weight excluding hydrogens is 596 g/mol. The highest BCUT2D eigenvalue weighted by Crippen LogP contribution is 2.01. The van der Waals surface area contributed by atoms with Gasteiger partial charge >= 0.3 is 0 Å². The molecule has 0 aliphatic carbocycles. The Kier molecular flexibility index (Phi) is 36.1. The summed E-state index contributed by atoms with van der Waals surface area (Å²) >= 11 is 0. The number of ether oxygens (including phenoxy) is 12. The number of hydrogen-bond acceptors (Lipinski definition) is 13. The molecule has 13 nitrogen and oxygen atoms in total. The second kappa shape index (κ2) is 36.7. The average molecular weight is 657 g/mol. The van der Waals surface area contributed by atoms with Crippen molar-refractivity contribution in [3.05, 3.63) is 0 Å². The van der Waals surface area contributed by atoms with Crippen molar-refractivity contribution in [2.45, 2.75) is 19.6 Å². The Bertz CT molecular complexity index is 590. The molecule has 0 bridgehead atoms. The molecule has 262 valence electrons. The Labute approximate surface area is 266 Å². The van der Waals surface area contributed by atoms with Gasteiger partial charge in [-0.15, -0.1) is 6.42 Å². The quantitative estimate of drug-likeness (QED) is 0.0545. The first-order chi connectivity index (χ1) is 21.6. The highest BCUT2D eigenvalue weighted by atomic mass is 28.4. The van der Waals surface area contributed by atoms with E-state index in [1.165, 1.54) is 0 Å². The Morgan fingerprint density at radius 3 is 0.682 bits per heavy atom. The van der Waals surface area contributed by atoms with E-state index in [9.17, 15) is 0 Å². The van der Waals surface area contributed by atoms with Crippen LogP contribution >= 0.6 is 0 Å². The average Bonchev–Trinajstić information content (AvgIpc) is 3.00. The summed E-state index contributed by atoms with van der Waals surface area (Å²) in [5, 5.41) is 0. The SMILES string of the molecule is C#CCOCCOCCOCCOCCOCCOCCOCCOCCOCCOCCOCCOCCO[Si](C)(C)C. The van der Waals surface area contributed by atoms with Crippen molar-refractivity contribution in [3.8, 4) is 12.3 Å². The normalized spacial score (nSPS) is 11.8. The van der Waals surface area contributed by atoms with Gasteiger partial charge in [0.2, 0.25) is 0 Å². The van der Waals surface area contributed by atoms with Crippen LogP contribution in [0, 0.1) is 12.3 Å². The summed E-state index contributed by atoms with van der Waals surface area (Å²) in [7, 11) is -1.45. The highest BCUT2D eigenvalue weighted by Gasteiger charge is 2.13. The van der Waals surface area contributed by atoms with Crippen LogP contribution in [-0.4, -0.2) is 173 Å². The first-order valence-electron chi connectivity index (χ1n) is 15.6. The second-order valence-electron chi connectivity index (χ2n) is 9.95. The van der Waals surface area contributed by atoms with Crippen LogP contribution in [-0.2, 0) is 61.3 Å². The maximum Gasteiger partial charge on any atom is 0.183 e. The van der Waals surface area contributed by atoms with Gasteiger partial charge in [-0.3, -0.25) is 0 Å². The van der Waals surface area contributed by atoms with Crippen LogP contribution in [0.1, 0.15) is 0 Å². The molecule has 0 aromatic rings. The van der Waals surface area contributed by atoms with E-state index in [1.807, 2.05) is 0 Å². The zero-order valence-corrected chi connectivity index (χ0v) is 28.6. The zero-order chi connectivity index (χ0) is 32.1. The first kappa shape index (κ1) is 43.3. The Balaban J connectivity index is 3.05. The predicted molar refractivity (Wildman–Crippen MR) is 168 cm³/mol. The molecule has 0 fully saturated rings. The Morgan fingerprint density at radius 2 is 0.500 bits per heavy atom. The molecule has 44 heavy (non-hydrogen) atoms. The van der Waals surface area contributed by atoms with E-state index in [4.69, 9.17) is 67.7 Å². The van der Waals surface area contributed by atoms with Crippen molar-refractivity contribution < 1.29 is 61.3 Å². The van der Waals surface area contributed by atoms with E-state index in [1.54, 1.807) is 0 Å². The largest absolute Gasteiger partial charge is 0.415 e. The molecular formula is C30H60O13Si. The van der Waals surface area contributed by atoms with Gasteiger partial charge in [0.15, 0.2) is 8.32 Å². The van der Waals surface area contributed by atoms with Gasteiger partial charge in [-0.25, -0.2) is 0 Å². The predicted octanol–water partition coefficient (Wildman–Crippen LogP) is 1.67. The molecule has 0 heterocycles. The first-order valence-corrected chi connectivity index (χ1v) is 19.0. The van der Waals surface area contributed by atoms with Crippen LogP contribution in [0.2, 0.25) is 19.6 Å². The molecule has 0 unspecified atom stereocenters. The molecule has 0 radical (unpaired) electrons. The molecule has 14 heteroatoms. The second-order valence-corrected chi connectivity index (χ2v) is 14.5. The Morgan fingerprint density at radius 1 is 0.318 bits per heavy atom. The van der Waals surface area contributed by atoms with Crippen LogP contribution in [0.15, 0.2) is 0 Å². The third-order valence-electron chi connectivity index (χ3n) is 5.04. The lowest BCUT2D eigenvalue weighted by molar-refractivity contribution is -0.0283. The van der Waals surface area contributed by atoms with Gasteiger partial charge in [0.25, 0.3) is 0 Å². The van der Waals surface area contributed by atoms with Gasteiger partial charge < -0.3 is 61.3 Å². The summed E-state index contributed by atoms with van der Waals surface area (Å²) in [4.78, 5) is 0. The molecule has 0 aliphatic heterocycles. The van der Waals surface area contributed by atoms with Crippen LogP contribution in [0.5, 0.6) is 0 Å². The van der Waals surface area contributed by atoms with Crippen molar-refractivity contribution in [3.63, 3.8) is 0 Å². The summed E-state index contributed by atoms with van der Waals surface area (Å²) in [6.07, 6.45) is 5.08. The Hall–Kier alpha value is -0.743. The minimum atomic E-state index is -1.45. The summed E-state index contributed by atoms with van der Waals surface area (Å²) < 4.78 is 70.8. The van der Waals surface area contributed by atoms with E-state index in [0.29, 0.717) is 165 Å². The van der Waals surface area contributed by atoms with Crippen LogP contribution in [0.25, 0.3) is 0 Å². The maximum absolute atomic E-state index is 5.71. The lowest BCUT2D eigenvalue weighted by atomic mass is 10.6. The zero-order valence-electron chi connectivity index (χ0n) is 27.6. The minimum Gasteiger partial charge on any atom is -0.415 e. The molecule has 0 N–H and O–H groups in total. The number of terminal acetylenes is 1. The van der Waals surface area contributed by atoms with Gasteiger partial charge in [-0.05, 0) is 19.6 Å². The number of rotatable bonds is 38. The lowest BCUT2D eigenvalue weighted by Crippen LogP contribution is -2.27. The molecule has 0 amide bonds. The van der Waals surface area contributed by atoms with E-state index >= 15 is 0 Å². The van der Waals surface area contributed by atoms with Crippen molar-refractivity contribution in [1.29, 1.82) is 0 Å².